The summed E-state index contributed by atoms with van der Waals surface area (Å²) in [5.74, 6) is 0.854. The van der Waals surface area contributed by atoms with E-state index in [0.717, 1.165) is 24.9 Å². The lowest BCUT2D eigenvalue weighted by Crippen LogP contribution is -2.10. The number of carbonyl (C=O) groups is 1. The highest BCUT2D eigenvalue weighted by atomic mass is 35.5. The van der Waals surface area contributed by atoms with Gasteiger partial charge in [0.2, 0.25) is 5.82 Å². The molecule has 0 saturated heterocycles. The van der Waals surface area contributed by atoms with Crippen molar-refractivity contribution in [1.82, 2.24) is 20.2 Å². The van der Waals surface area contributed by atoms with Gasteiger partial charge in [-0.1, -0.05) is 0 Å². The van der Waals surface area contributed by atoms with Gasteiger partial charge in [0.15, 0.2) is 5.82 Å². The predicted octanol–water partition coefficient (Wildman–Crippen LogP) is 2.18. The second-order valence-corrected chi connectivity index (χ2v) is 5.74. The number of anilines is 2. The molecule has 0 spiro atoms. The first-order valence-electron chi connectivity index (χ1n) is 7.11. The van der Waals surface area contributed by atoms with Gasteiger partial charge in [-0.25, -0.2) is 9.97 Å². The van der Waals surface area contributed by atoms with Gasteiger partial charge in [-0.3, -0.25) is 20.0 Å². The first-order chi connectivity index (χ1) is 11.6. The Morgan fingerprint density at radius 2 is 2.33 bits per heavy atom. The number of alkyl halides is 1. The zero-order chi connectivity index (χ0) is 17.1. The molecule has 1 saturated carbocycles. The molecule has 2 N–H and O–H groups in total. The molecule has 0 bridgehead atoms. The Bertz CT molecular complexity index is 763. The lowest BCUT2D eigenvalue weighted by molar-refractivity contribution is -0.385. The van der Waals surface area contributed by atoms with Crippen LogP contribution in [-0.2, 0) is 9.53 Å². The number of carbonyl (C=O) groups excluding carboxylic acids is 1. The molecule has 2 aromatic heterocycles. The van der Waals surface area contributed by atoms with Gasteiger partial charge in [-0.15, -0.1) is 11.6 Å². The summed E-state index contributed by atoms with van der Waals surface area (Å²) in [6.45, 7) is -0.0265. The van der Waals surface area contributed by atoms with Crippen LogP contribution >= 0.6 is 11.6 Å². The zero-order valence-corrected chi connectivity index (χ0v) is 13.1. The van der Waals surface area contributed by atoms with E-state index in [-0.39, 0.29) is 30.3 Å². The number of ether oxygens (including phenoxy) is 1. The van der Waals surface area contributed by atoms with Gasteiger partial charge in [0.1, 0.15) is 24.0 Å². The topological polar surface area (TPSA) is 136 Å². The number of H-pyrrole nitrogens is 1. The molecule has 24 heavy (non-hydrogen) atoms. The fraction of sp³-hybridized carbons (Fsp3) is 0.385. The van der Waals surface area contributed by atoms with Crippen LogP contribution in [0.5, 0.6) is 0 Å². The van der Waals surface area contributed by atoms with Crippen LogP contribution < -0.4 is 5.32 Å². The highest BCUT2D eigenvalue weighted by Gasteiger charge is 2.29. The van der Waals surface area contributed by atoms with Gasteiger partial charge in [-0.2, -0.15) is 5.10 Å². The fourth-order valence-electron chi connectivity index (χ4n) is 2.22. The smallest absolute Gasteiger partial charge is 0.334 e. The van der Waals surface area contributed by atoms with E-state index in [0.29, 0.717) is 11.7 Å². The summed E-state index contributed by atoms with van der Waals surface area (Å²) in [6.07, 6.45) is 3.35. The van der Waals surface area contributed by atoms with Crippen molar-refractivity contribution in [2.24, 2.45) is 0 Å². The van der Waals surface area contributed by atoms with E-state index in [4.69, 9.17) is 11.6 Å². The molecule has 0 amide bonds. The molecule has 126 valence electrons. The minimum Gasteiger partial charge on any atom is -0.466 e. The number of nitrogens with zero attached hydrogens (tertiary/aromatic N) is 4. The monoisotopic (exact) mass is 352 g/mol. The summed E-state index contributed by atoms with van der Waals surface area (Å²) in [7, 11) is 0. The third-order valence-electron chi connectivity index (χ3n) is 3.50. The second kappa shape index (κ2) is 6.79. The standard InChI is InChI=1S/C13H13ClN6O4/c14-8(4-24-6-21)11-12(20(22)23)13(16-5-15-11)17-10-3-9(18-19-10)7-1-2-7/h3,5-8H,1-2,4H2,(H2,15,16,17,18,19). The summed E-state index contributed by atoms with van der Waals surface area (Å²) < 4.78 is 4.55. The van der Waals surface area contributed by atoms with E-state index in [9.17, 15) is 14.9 Å². The zero-order valence-electron chi connectivity index (χ0n) is 12.3. The lowest BCUT2D eigenvalue weighted by atomic mass is 10.2. The first kappa shape index (κ1) is 16.1. The van der Waals surface area contributed by atoms with Crippen LogP contribution in [0, 0.1) is 10.1 Å². The van der Waals surface area contributed by atoms with E-state index in [1.54, 1.807) is 6.07 Å². The van der Waals surface area contributed by atoms with E-state index in [2.05, 4.69) is 30.2 Å². The van der Waals surface area contributed by atoms with Gasteiger partial charge >= 0.3 is 5.69 Å². The van der Waals surface area contributed by atoms with Crippen molar-refractivity contribution in [2.45, 2.75) is 24.1 Å². The summed E-state index contributed by atoms with van der Waals surface area (Å²) in [6, 6.07) is 1.79. The lowest BCUT2D eigenvalue weighted by Gasteiger charge is -2.10. The third kappa shape index (κ3) is 3.43. The highest BCUT2D eigenvalue weighted by Crippen LogP contribution is 2.40. The highest BCUT2D eigenvalue weighted by molar-refractivity contribution is 6.21. The summed E-state index contributed by atoms with van der Waals surface area (Å²) >= 11 is 6.03. The Morgan fingerprint density at radius 1 is 1.54 bits per heavy atom. The molecular weight excluding hydrogens is 340 g/mol. The minimum atomic E-state index is -0.972. The molecule has 1 unspecified atom stereocenters. The van der Waals surface area contributed by atoms with Crippen molar-refractivity contribution < 1.29 is 14.5 Å². The number of rotatable bonds is 8. The van der Waals surface area contributed by atoms with Crippen molar-refractivity contribution in [3.8, 4) is 0 Å². The predicted molar refractivity (Wildman–Crippen MR) is 83.1 cm³/mol. The summed E-state index contributed by atoms with van der Waals surface area (Å²) in [5.41, 5.74) is 0.547. The van der Waals surface area contributed by atoms with Crippen LogP contribution in [0.15, 0.2) is 12.4 Å². The van der Waals surface area contributed by atoms with Crippen molar-refractivity contribution in [2.75, 3.05) is 11.9 Å². The van der Waals surface area contributed by atoms with Crippen molar-refractivity contribution >= 4 is 35.4 Å². The quantitative estimate of drug-likeness (QED) is 0.319. The maximum Gasteiger partial charge on any atom is 0.334 e. The largest absolute Gasteiger partial charge is 0.466 e. The molecule has 2 heterocycles. The molecule has 1 fully saturated rings. The average Bonchev–Trinajstić information content (AvgIpc) is 3.32. The van der Waals surface area contributed by atoms with Crippen LogP contribution in [0.25, 0.3) is 0 Å². The van der Waals surface area contributed by atoms with Crippen molar-refractivity contribution in [3.63, 3.8) is 0 Å². The molecule has 1 aliphatic rings. The average molecular weight is 353 g/mol. The van der Waals surface area contributed by atoms with Crippen LogP contribution in [-0.4, -0.2) is 38.2 Å². The van der Waals surface area contributed by atoms with Crippen molar-refractivity contribution in [3.05, 3.63) is 33.9 Å². The van der Waals surface area contributed by atoms with Gasteiger partial charge in [0.25, 0.3) is 6.47 Å². The molecule has 0 aromatic carbocycles. The fourth-order valence-corrected chi connectivity index (χ4v) is 2.45. The van der Waals surface area contributed by atoms with Crippen LogP contribution in [0.4, 0.5) is 17.3 Å². The SMILES string of the molecule is O=COCC(Cl)c1ncnc(Nc2cc(C3CC3)[nH]n2)c1[N+](=O)[O-]. The van der Waals surface area contributed by atoms with Crippen LogP contribution in [0.2, 0.25) is 0 Å². The molecule has 3 rings (SSSR count). The molecule has 0 radical (unpaired) electrons. The number of nitro groups is 1. The maximum atomic E-state index is 11.4. The second-order valence-electron chi connectivity index (χ2n) is 5.22. The van der Waals surface area contributed by atoms with E-state index in [1.807, 2.05) is 0 Å². The molecule has 10 nitrogen and oxygen atoms in total. The van der Waals surface area contributed by atoms with Crippen molar-refractivity contribution in [1.29, 1.82) is 0 Å². The number of halogens is 1. The van der Waals surface area contributed by atoms with Gasteiger partial charge in [0, 0.05) is 17.7 Å². The van der Waals surface area contributed by atoms with E-state index < -0.39 is 10.3 Å². The third-order valence-corrected chi connectivity index (χ3v) is 3.83. The molecule has 1 aliphatic carbocycles. The first-order valence-corrected chi connectivity index (χ1v) is 7.54. The Morgan fingerprint density at radius 3 is 3.00 bits per heavy atom. The maximum absolute atomic E-state index is 11.4. The van der Waals surface area contributed by atoms with Crippen LogP contribution in [0.1, 0.15) is 35.5 Å². The summed E-state index contributed by atoms with van der Waals surface area (Å²) in [5, 5.41) is 20.2. The number of aromatic amines is 1. The number of hydrogen-bond donors (Lipinski definition) is 2. The van der Waals surface area contributed by atoms with Crippen LogP contribution in [0.3, 0.4) is 0 Å². The minimum absolute atomic E-state index is 0.0319. The van der Waals surface area contributed by atoms with Gasteiger partial charge in [0.05, 0.1) is 4.92 Å². The Hall–Kier alpha value is -2.75. The Kier molecular flexibility index (Phi) is 4.56. The van der Waals surface area contributed by atoms with E-state index in [1.165, 1.54) is 0 Å². The van der Waals surface area contributed by atoms with E-state index >= 15 is 0 Å². The number of aromatic nitrogens is 4. The summed E-state index contributed by atoms with van der Waals surface area (Å²) in [4.78, 5) is 28.8. The Balaban J connectivity index is 1.88. The number of nitrogens with one attached hydrogen (secondary N) is 2. The molecule has 1 atom stereocenters. The van der Waals surface area contributed by atoms with Gasteiger partial charge in [-0.05, 0) is 12.8 Å². The normalized spacial score (nSPS) is 14.9. The number of hydrogen-bond acceptors (Lipinski definition) is 8. The molecule has 0 aliphatic heterocycles. The van der Waals surface area contributed by atoms with Gasteiger partial charge < -0.3 is 10.1 Å². The molecule has 11 heteroatoms. The molecule has 2 aromatic rings. The molecular formula is C13H13ClN6O4. The Labute approximate surface area is 140 Å².